The van der Waals surface area contributed by atoms with Crippen molar-refractivity contribution in [3.8, 4) is 11.5 Å². The third kappa shape index (κ3) is 4.15. The van der Waals surface area contributed by atoms with E-state index in [0.29, 0.717) is 5.84 Å². The molecular weight excluding hydrogens is 416 g/mol. The zero-order chi connectivity index (χ0) is 21.3. The van der Waals surface area contributed by atoms with Gasteiger partial charge in [-0.1, -0.05) is 20.8 Å². The van der Waals surface area contributed by atoms with Crippen LogP contribution in [0.2, 0.25) is 0 Å². The molecule has 2 aromatic carbocycles. The highest BCUT2D eigenvalue weighted by Gasteiger charge is 2.35. The fraction of sp³-hybridized carbons (Fsp3) is 0.273. The molecule has 0 saturated heterocycles. The predicted molar refractivity (Wildman–Crippen MR) is 128 cm³/mol. The van der Waals surface area contributed by atoms with Crippen LogP contribution in [0, 0.1) is 5.41 Å². The molecule has 2 aliphatic rings. The Balaban J connectivity index is 1.67. The van der Waals surface area contributed by atoms with Gasteiger partial charge >= 0.3 is 0 Å². The Hall–Kier alpha value is -2.58. The predicted octanol–water partition coefficient (Wildman–Crippen LogP) is 6.57. The van der Waals surface area contributed by atoms with Gasteiger partial charge in [-0.2, -0.15) is 0 Å². The van der Waals surface area contributed by atoms with Gasteiger partial charge in [0.2, 0.25) is 5.84 Å². The van der Waals surface area contributed by atoms with Crippen LogP contribution in [0.1, 0.15) is 20.8 Å². The van der Waals surface area contributed by atoms with Crippen LogP contribution in [0.3, 0.4) is 0 Å². The van der Waals surface area contributed by atoms with E-state index in [1.165, 1.54) is 4.91 Å². The van der Waals surface area contributed by atoms with Gasteiger partial charge in [0.1, 0.15) is 11.5 Å². The molecule has 2 aliphatic heterocycles. The summed E-state index contributed by atoms with van der Waals surface area (Å²) in [5, 5.41) is 13.7. The topological polar surface area (TPSA) is 58.8 Å². The summed E-state index contributed by atoms with van der Waals surface area (Å²) in [7, 11) is 4.88. The normalized spacial score (nSPS) is 18.5. The van der Waals surface area contributed by atoms with Gasteiger partial charge in [0, 0.05) is 14.6 Å². The minimum Gasteiger partial charge on any atom is -0.497 e. The van der Waals surface area contributed by atoms with Gasteiger partial charge in [-0.25, -0.2) is 4.41 Å². The van der Waals surface area contributed by atoms with Crippen molar-refractivity contribution in [3.63, 3.8) is 0 Å². The monoisotopic (exact) mass is 440 g/mol. The van der Waals surface area contributed by atoms with E-state index in [2.05, 4.69) is 37.1 Å². The summed E-state index contributed by atoms with van der Waals surface area (Å²) < 4.78 is 12.5. The molecule has 2 heterocycles. The summed E-state index contributed by atoms with van der Waals surface area (Å²) >= 11 is 0. The Morgan fingerprint density at radius 3 is 2.07 bits per heavy atom. The molecule has 156 valence electrons. The number of rotatable bonds is 4. The first-order valence-electron chi connectivity index (χ1n) is 9.50. The first-order chi connectivity index (χ1) is 14.4. The van der Waals surface area contributed by atoms with Crippen LogP contribution >= 0.6 is 20.5 Å². The number of methoxy groups -OCH3 is 2. The van der Waals surface area contributed by atoms with Crippen LogP contribution in [0.5, 0.6) is 11.5 Å². The van der Waals surface area contributed by atoms with Crippen LogP contribution in [0.25, 0.3) is 0 Å². The SMILES string of the molecule is COc1ccc(N=NC2=NN(c3ccc(OC)cc3)S3=C2C=C(C(C)(C)C)S3)cc1. The van der Waals surface area contributed by atoms with Crippen molar-refractivity contribution in [2.75, 3.05) is 18.6 Å². The number of amidine groups is 1. The lowest BCUT2D eigenvalue weighted by Gasteiger charge is -2.23. The average Bonchev–Trinajstić information content (AvgIpc) is 3.33. The fourth-order valence-corrected chi connectivity index (χ4v) is 7.34. The molecule has 2 aromatic rings. The number of benzene rings is 2. The molecule has 0 spiro atoms. The third-order valence-corrected chi connectivity index (χ3v) is 8.87. The molecule has 0 amide bonds. The zero-order valence-electron chi connectivity index (χ0n) is 17.6. The molecule has 0 fully saturated rings. The number of hydrazone groups is 1. The van der Waals surface area contributed by atoms with Crippen molar-refractivity contribution in [3.05, 3.63) is 59.5 Å². The van der Waals surface area contributed by atoms with Crippen molar-refractivity contribution in [1.82, 2.24) is 0 Å². The first-order valence-corrected chi connectivity index (χ1v) is 12.0. The fourth-order valence-electron chi connectivity index (χ4n) is 2.79. The molecule has 1 atom stereocenters. The van der Waals surface area contributed by atoms with Gasteiger partial charge < -0.3 is 9.47 Å². The quantitative estimate of drug-likeness (QED) is 0.306. The number of azo groups is 1. The van der Waals surface area contributed by atoms with Gasteiger partial charge in [-0.05, 0) is 70.8 Å². The van der Waals surface area contributed by atoms with Gasteiger partial charge in [0.25, 0.3) is 0 Å². The summed E-state index contributed by atoms with van der Waals surface area (Å²) in [5.41, 5.74) is 1.83. The van der Waals surface area contributed by atoms with Crippen molar-refractivity contribution in [2.24, 2.45) is 20.7 Å². The Bertz CT molecular complexity index is 1070. The van der Waals surface area contributed by atoms with E-state index < -0.39 is 0 Å². The molecule has 0 N–H and O–H groups in total. The number of nitrogens with zero attached hydrogens (tertiary/aromatic N) is 4. The second kappa shape index (κ2) is 8.28. The van der Waals surface area contributed by atoms with E-state index >= 15 is 0 Å². The minimum absolute atomic E-state index is 0.0683. The number of hydrogen-bond acceptors (Lipinski definition) is 7. The molecule has 0 saturated carbocycles. The maximum atomic E-state index is 5.29. The van der Waals surface area contributed by atoms with Crippen LogP contribution in [0.15, 0.2) is 74.8 Å². The molecule has 8 heteroatoms. The lowest BCUT2D eigenvalue weighted by molar-refractivity contribution is 0.414. The summed E-state index contributed by atoms with van der Waals surface area (Å²) in [6.45, 7) is 6.68. The highest BCUT2D eigenvalue weighted by molar-refractivity contribution is 8.86. The lowest BCUT2D eigenvalue weighted by atomic mass is 9.95. The number of hydrogen-bond donors (Lipinski definition) is 0. The van der Waals surface area contributed by atoms with Crippen LogP contribution < -0.4 is 13.9 Å². The molecule has 4 rings (SSSR count). The van der Waals surface area contributed by atoms with Crippen molar-refractivity contribution in [2.45, 2.75) is 20.8 Å². The van der Waals surface area contributed by atoms with Gasteiger partial charge in [-0.3, -0.25) is 0 Å². The van der Waals surface area contributed by atoms with E-state index in [4.69, 9.17) is 14.6 Å². The lowest BCUT2D eigenvalue weighted by Crippen LogP contribution is -2.10. The van der Waals surface area contributed by atoms with Crippen molar-refractivity contribution < 1.29 is 9.47 Å². The van der Waals surface area contributed by atoms with Crippen LogP contribution in [-0.4, -0.2) is 24.9 Å². The number of ether oxygens (including phenoxy) is 2. The molecule has 6 nitrogen and oxygen atoms in total. The number of allylic oxidation sites excluding steroid dienone is 1. The maximum Gasteiger partial charge on any atom is 0.210 e. The highest BCUT2D eigenvalue weighted by Crippen LogP contribution is 2.56. The third-order valence-electron chi connectivity index (χ3n) is 4.55. The Labute approximate surface area is 183 Å². The van der Waals surface area contributed by atoms with Gasteiger partial charge in [0.05, 0.1) is 30.5 Å². The Kier molecular flexibility index (Phi) is 5.71. The second-order valence-corrected chi connectivity index (χ2v) is 11.1. The minimum atomic E-state index is -0.279. The summed E-state index contributed by atoms with van der Waals surface area (Å²) in [6.07, 6.45) is 2.23. The molecule has 1 unspecified atom stereocenters. The van der Waals surface area contributed by atoms with Crippen molar-refractivity contribution >= 4 is 42.6 Å². The van der Waals surface area contributed by atoms with Crippen molar-refractivity contribution in [1.29, 1.82) is 0 Å². The van der Waals surface area contributed by atoms with Crippen LogP contribution in [0.4, 0.5) is 11.4 Å². The van der Waals surface area contributed by atoms with Crippen LogP contribution in [-0.2, 0) is 0 Å². The van der Waals surface area contributed by atoms with Gasteiger partial charge in [-0.15, -0.1) is 15.3 Å². The second-order valence-electron chi connectivity index (χ2n) is 7.75. The molecule has 0 radical (unpaired) electrons. The molecule has 0 bridgehead atoms. The maximum absolute atomic E-state index is 5.29. The highest BCUT2D eigenvalue weighted by atomic mass is 33.1. The molecule has 30 heavy (non-hydrogen) atoms. The van der Waals surface area contributed by atoms with Gasteiger partial charge in [0.15, 0.2) is 0 Å². The summed E-state index contributed by atoms with van der Waals surface area (Å²) in [5.74, 6) is 2.26. The standard InChI is InChI=1S/C22H24N4O2S2/c1-22(2,3)20-14-19-21(24-23-15-6-10-17(27-4)11-7-15)25-26(30(19)29-20)16-8-12-18(28-5)13-9-16/h6-14H,1-5H3. The van der Waals surface area contributed by atoms with E-state index in [9.17, 15) is 0 Å². The van der Waals surface area contributed by atoms with E-state index in [-0.39, 0.29) is 15.1 Å². The Morgan fingerprint density at radius 1 is 0.900 bits per heavy atom. The first kappa shape index (κ1) is 20.7. The average molecular weight is 441 g/mol. The van der Waals surface area contributed by atoms with E-state index in [1.54, 1.807) is 14.2 Å². The molecule has 0 aromatic heterocycles. The summed E-state index contributed by atoms with van der Waals surface area (Å²) in [6, 6.07) is 15.4. The zero-order valence-corrected chi connectivity index (χ0v) is 19.3. The molecule has 0 aliphatic carbocycles. The summed E-state index contributed by atoms with van der Waals surface area (Å²) in [4.78, 5) is 2.43. The Morgan fingerprint density at radius 2 is 1.50 bits per heavy atom. The smallest absolute Gasteiger partial charge is 0.210 e. The number of anilines is 1. The molecular formula is C22H24N4O2S2. The van der Waals surface area contributed by atoms with E-state index in [1.807, 2.05) is 63.7 Å². The van der Waals surface area contributed by atoms with E-state index in [0.717, 1.165) is 27.7 Å². The largest absolute Gasteiger partial charge is 0.497 e.